The molecule has 3 rings (SSSR count). The van der Waals surface area contributed by atoms with E-state index in [1.54, 1.807) is 5.56 Å². The summed E-state index contributed by atoms with van der Waals surface area (Å²) in [6.45, 7) is 2.37. The molecule has 0 amide bonds. The van der Waals surface area contributed by atoms with Gasteiger partial charge in [0.25, 0.3) is 0 Å². The SMILES string of the molecule is CN(CCNC1CCC(c2ccccc2)CC1)C1CC1. The van der Waals surface area contributed by atoms with Crippen LogP contribution in [0.25, 0.3) is 0 Å². The zero-order valence-corrected chi connectivity index (χ0v) is 12.7. The van der Waals surface area contributed by atoms with E-state index in [-0.39, 0.29) is 0 Å². The first-order chi connectivity index (χ1) is 9.83. The van der Waals surface area contributed by atoms with Gasteiger partial charge in [-0.15, -0.1) is 0 Å². The highest BCUT2D eigenvalue weighted by atomic mass is 15.2. The summed E-state index contributed by atoms with van der Waals surface area (Å²) in [5.74, 6) is 0.795. The fourth-order valence-corrected chi connectivity index (χ4v) is 3.50. The number of hydrogen-bond donors (Lipinski definition) is 1. The fraction of sp³-hybridized carbons (Fsp3) is 0.667. The highest BCUT2D eigenvalue weighted by molar-refractivity contribution is 5.20. The zero-order valence-electron chi connectivity index (χ0n) is 12.7. The molecule has 2 nitrogen and oxygen atoms in total. The maximum atomic E-state index is 3.77. The van der Waals surface area contributed by atoms with Crippen LogP contribution in [0.15, 0.2) is 30.3 Å². The first-order valence-electron chi connectivity index (χ1n) is 8.31. The van der Waals surface area contributed by atoms with Crippen LogP contribution in [0, 0.1) is 0 Å². The van der Waals surface area contributed by atoms with Crippen molar-refractivity contribution in [1.29, 1.82) is 0 Å². The number of nitrogens with one attached hydrogen (secondary N) is 1. The van der Waals surface area contributed by atoms with E-state index in [9.17, 15) is 0 Å². The zero-order chi connectivity index (χ0) is 13.8. The Morgan fingerprint density at radius 3 is 2.35 bits per heavy atom. The molecule has 0 saturated heterocycles. The lowest BCUT2D eigenvalue weighted by Crippen LogP contribution is -2.38. The van der Waals surface area contributed by atoms with Gasteiger partial charge in [-0.25, -0.2) is 0 Å². The van der Waals surface area contributed by atoms with Gasteiger partial charge in [-0.3, -0.25) is 0 Å². The van der Waals surface area contributed by atoms with E-state index in [1.165, 1.54) is 45.1 Å². The van der Waals surface area contributed by atoms with Gasteiger partial charge in [0, 0.05) is 25.2 Å². The molecule has 0 atom stereocenters. The van der Waals surface area contributed by atoms with Gasteiger partial charge in [-0.1, -0.05) is 30.3 Å². The summed E-state index contributed by atoms with van der Waals surface area (Å²) in [5.41, 5.74) is 1.54. The number of benzene rings is 1. The molecule has 2 fully saturated rings. The maximum absolute atomic E-state index is 3.77. The van der Waals surface area contributed by atoms with Crippen molar-refractivity contribution in [3.8, 4) is 0 Å². The van der Waals surface area contributed by atoms with Gasteiger partial charge in [0.2, 0.25) is 0 Å². The third-order valence-electron chi connectivity index (χ3n) is 5.07. The smallest absolute Gasteiger partial charge is 0.0107 e. The quantitative estimate of drug-likeness (QED) is 0.854. The largest absolute Gasteiger partial charge is 0.313 e. The van der Waals surface area contributed by atoms with Crippen LogP contribution >= 0.6 is 0 Å². The van der Waals surface area contributed by atoms with E-state index in [2.05, 4.69) is 47.6 Å². The van der Waals surface area contributed by atoms with Crippen LogP contribution in [0.5, 0.6) is 0 Å². The molecular formula is C18H28N2. The van der Waals surface area contributed by atoms with Crippen molar-refractivity contribution < 1.29 is 0 Å². The highest BCUT2D eigenvalue weighted by Crippen LogP contribution is 2.32. The minimum absolute atomic E-state index is 0.752. The van der Waals surface area contributed by atoms with E-state index in [4.69, 9.17) is 0 Å². The molecule has 0 aromatic heterocycles. The molecule has 1 aromatic carbocycles. The normalized spacial score (nSPS) is 26.9. The molecule has 0 radical (unpaired) electrons. The van der Waals surface area contributed by atoms with Gasteiger partial charge in [-0.05, 0) is 57.1 Å². The van der Waals surface area contributed by atoms with Gasteiger partial charge >= 0.3 is 0 Å². The first kappa shape index (κ1) is 14.1. The van der Waals surface area contributed by atoms with Crippen LogP contribution < -0.4 is 5.32 Å². The van der Waals surface area contributed by atoms with Crippen LogP contribution in [0.3, 0.4) is 0 Å². The Bertz CT molecular complexity index is 391. The van der Waals surface area contributed by atoms with Crippen molar-refractivity contribution >= 4 is 0 Å². The average molecular weight is 272 g/mol. The lowest BCUT2D eigenvalue weighted by atomic mass is 9.82. The summed E-state index contributed by atoms with van der Waals surface area (Å²) in [7, 11) is 2.27. The van der Waals surface area contributed by atoms with Crippen LogP contribution in [-0.2, 0) is 0 Å². The van der Waals surface area contributed by atoms with Crippen LogP contribution in [0.1, 0.15) is 50.0 Å². The predicted molar refractivity (Wildman–Crippen MR) is 85.1 cm³/mol. The molecule has 2 aliphatic carbocycles. The second kappa shape index (κ2) is 6.73. The molecule has 0 aliphatic heterocycles. The summed E-state index contributed by atoms with van der Waals surface area (Å²) in [5, 5.41) is 3.77. The van der Waals surface area contributed by atoms with E-state index < -0.39 is 0 Å². The Labute approximate surface area is 123 Å². The number of rotatable bonds is 6. The Balaban J connectivity index is 1.36. The molecule has 0 spiro atoms. The summed E-state index contributed by atoms with van der Waals surface area (Å²) in [4.78, 5) is 2.52. The number of likely N-dealkylation sites (N-methyl/N-ethyl adjacent to an activating group) is 1. The lowest BCUT2D eigenvalue weighted by Gasteiger charge is -2.30. The Kier molecular flexibility index (Phi) is 4.74. The number of nitrogens with zero attached hydrogens (tertiary/aromatic N) is 1. The van der Waals surface area contributed by atoms with Crippen molar-refractivity contribution in [2.24, 2.45) is 0 Å². The van der Waals surface area contributed by atoms with Gasteiger partial charge in [0.15, 0.2) is 0 Å². The van der Waals surface area contributed by atoms with Crippen molar-refractivity contribution in [1.82, 2.24) is 10.2 Å². The standard InChI is InChI=1S/C18H28N2/c1-20(18-11-12-18)14-13-19-17-9-7-16(8-10-17)15-5-3-2-4-6-15/h2-6,16-19H,7-14H2,1H3. The topological polar surface area (TPSA) is 15.3 Å². The molecule has 0 unspecified atom stereocenters. The van der Waals surface area contributed by atoms with Crippen molar-refractivity contribution in [3.63, 3.8) is 0 Å². The van der Waals surface area contributed by atoms with E-state index in [1.807, 2.05) is 0 Å². The maximum Gasteiger partial charge on any atom is 0.0107 e. The lowest BCUT2D eigenvalue weighted by molar-refractivity contribution is 0.291. The van der Waals surface area contributed by atoms with Crippen molar-refractivity contribution in [3.05, 3.63) is 35.9 Å². The minimum Gasteiger partial charge on any atom is -0.313 e. The van der Waals surface area contributed by atoms with E-state index in [0.29, 0.717) is 0 Å². The fourth-order valence-electron chi connectivity index (χ4n) is 3.50. The van der Waals surface area contributed by atoms with Crippen LogP contribution in [0.2, 0.25) is 0 Å². The predicted octanol–water partition coefficient (Wildman–Crippen LogP) is 3.40. The van der Waals surface area contributed by atoms with Crippen LogP contribution in [-0.4, -0.2) is 37.1 Å². The van der Waals surface area contributed by atoms with Gasteiger partial charge in [0.1, 0.15) is 0 Å². The van der Waals surface area contributed by atoms with Crippen molar-refractivity contribution in [2.45, 2.75) is 56.5 Å². The molecule has 0 bridgehead atoms. The molecule has 2 saturated carbocycles. The first-order valence-corrected chi connectivity index (χ1v) is 8.31. The molecule has 2 heteroatoms. The van der Waals surface area contributed by atoms with E-state index in [0.717, 1.165) is 24.5 Å². The third-order valence-corrected chi connectivity index (χ3v) is 5.07. The third kappa shape index (κ3) is 3.83. The van der Waals surface area contributed by atoms with Crippen molar-refractivity contribution in [2.75, 3.05) is 20.1 Å². The Morgan fingerprint density at radius 1 is 1.00 bits per heavy atom. The minimum atomic E-state index is 0.752. The molecule has 0 heterocycles. The Hall–Kier alpha value is -0.860. The molecule has 1 aromatic rings. The summed E-state index contributed by atoms with van der Waals surface area (Å²) < 4.78 is 0. The Morgan fingerprint density at radius 2 is 1.70 bits per heavy atom. The van der Waals surface area contributed by atoms with Gasteiger partial charge < -0.3 is 10.2 Å². The second-order valence-electron chi connectivity index (χ2n) is 6.63. The van der Waals surface area contributed by atoms with Gasteiger partial charge in [-0.2, -0.15) is 0 Å². The van der Waals surface area contributed by atoms with E-state index >= 15 is 0 Å². The monoisotopic (exact) mass is 272 g/mol. The molecule has 110 valence electrons. The average Bonchev–Trinajstić information content (AvgIpc) is 3.33. The van der Waals surface area contributed by atoms with Gasteiger partial charge in [0.05, 0.1) is 0 Å². The highest BCUT2D eigenvalue weighted by Gasteiger charge is 2.26. The molecule has 20 heavy (non-hydrogen) atoms. The summed E-state index contributed by atoms with van der Waals surface area (Å²) >= 11 is 0. The molecule has 2 aliphatic rings. The second-order valence-corrected chi connectivity index (χ2v) is 6.63. The van der Waals surface area contributed by atoms with Crippen LogP contribution in [0.4, 0.5) is 0 Å². The number of hydrogen-bond acceptors (Lipinski definition) is 2. The molecular weight excluding hydrogens is 244 g/mol. The molecule has 1 N–H and O–H groups in total. The summed E-state index contributed by atoms with van der Waals surface area (Å²) in [6, 6.07) is 12.7. The summed E-state index contributed by atoms with van der Waals surface area (Å²) in [6.07, 6.45) is 8.21.